The first-order valence-electron chi connectivity index (χ1n) is 6.54. The number of aromatic nitrogens is 1. The van der Waals surface area contributed by atoms with Gasteiger partial charge in [0.15, 0.2) is 0 Å². The lowest BCUT2D eigenvalue weighted by Crippen LogP contribution is -2.62. The van der Waals surface area contributed by atoms with Crippen LogP contribution in [0.15, 0.2) is 23.1 Å². The molecule has 1 N–H and O–H groups in total. The molecule has 8 heteroatoms. The minimum absolute atomic E-state index is 0.00249. The van der Waals surface area contributed by atoms with E-state index in [0.717, 1.165) is 4.90 Å². The molecule has 0 spiro atoms. The molecule has 2 aliphatic heterocycles. The van der Waals surface area contributed by atoms with Crippen molar-refractivity contribution < 1.29 is 14.4 Å². The lowest BCUT2D eigenvalue weighted by atomic mass is 10.1. The Morgan fingerprint density at radius 3 is 2.62 bits per heavy atom. The Kier molecular flexibility index (Phi) is 3.00. The summed E-state index contributed by atoms with van der Waals surface area (Å²) in [7, 11) is 1.57. The zero-order valence-corrected chi connectivity index (χ0v) is 11.4. The number of likely N-dealkylation sites (tertiary alicyclic amines) is 1. The van der Waals surface area contributed by atoms with E-state index in [0.29, 0.717) is 0 Å². The second-order valence-corrected chi connectivity index (χ2v) is 5.12. The van der Waals surface area contributed by atoms with E-state index in [1.54, 1.807) is 19.3 Å². The molecule has 0 aromatic carbocycles. The van der Waals surface area contributed by atoms with Gasteiger partial charge in [0.1, 0.15) is 5.56 Å². The van der Waals surface area contributed by atoms with Crippen molar-refractivity contribution in [3.8, 4) is 0 Å². The standard InChI is InChI=1S/C13H14N4O4/c1-15-4-2-3-9(11(15)19)12(20)16-6-8(7-16)17-10(18)5-14-13(17)21/h2-4,8H,5-7H2,1H3,(H,14,21). The molecule has 0 aliphatic carbocycles. The van der Waals surface area contributed by atoms with E-state index in [2.05, 4.69) is 5.32 Å². The van der Waals surface area contributed by atoms with Crippen LogP contribution in [0.2, 0.25) is 0 Å². The maximum Gasteiger partial charge on any atom is 0.324 e. The average Bonchev–Trinajstić information content (AvgIpc) is 2.72. The number of urea groups is 1. The van der Waals surface area contributed by atoms with Gasteiger partial charge in [0.25, 0.3) is 11.5 Å². The van der Waals surface area contributed by atoms with Crippen molar-refractivity contribution in [2.75, 3.05) is 19.6 Å². The normalized spacial score (nSPS) is 18.7. The highest BCUT2D eigenvalue weighted by atomic mass is 16.2. The number of carbonyl (C=O) groups is 3. The Morgan fingerprint density at radius 2 is 2.00 bits per heavy atom. The molecule has 2 aliphatic rings. The van der Waals surface area contributed by atoms with Crippen LogP contribution < -0.4 is 10.9 Å². The van der Waals surface area contributed by atoms with E-state index in [9.17, 15) is 19.2 Å². The van der Waals surface area contributed by atoms with Crippen molar-refractivity contribution in [3.05, 3.63) is 34.2 Å². The molecule has 2 saturated heterocycles. The average molecular weight is 290 g/mol. The molecule has 21 heavy (non-hydrogen) atoms. The Labute approximate surface area is 119 Å². The lowest BCUT2D eigenvalue weighted by molar-refractivity contribution is -0.128. The maximum atomic E-state index is 12.2. The quantitative estimate of drug-likeness (QED) is 0.690. The highest BCUT2D eigenvalue weighted by Gasteiger charge is 2.43. The number of carbonyl (C=O) groups excluding carboxylic acids is 3. The Hall–Kier alpha value is -2.64. The molecular weight excluding hydrogens is 276 g/mol. The van der Waals surface area contributed by atoms with Gasteiger partial charge in [-0.2, -0.15) is 0 Å². The first-order chi connectivity index (χ1) is 9.99. The van der Waals surface area contributed by atoms with Gasteiger partial charge in [-0.3, -0.25) is 19.3 Å². The largest absolute Gasteiger partial charge is 0.334 e. The monoisotopic (exact) mass is 290 g/mol. The Bertz CT molecular complexity index is 674. The fourth-order valence-electron chi connectivity index (χ4n) is 2.52. The van der Waals surface area contributed by atoms with Crippen LogP contribution in [0.4, 0.5) is 4.79 Å². The molecule has 4 amide bonds. The van der Waals surface area contributed by atoms with Crippen molar-refractivity contribution >= 4 is 17.8 Å². The third kappa shape index (κ3) is 2.08. The van der Waals surface area contributed by atoms with Crippen molar-refractivity contribution in [1.29, 1.82) is 0 Å². The van der Waals surface area contributed by atoms with Gasteiger partial charge < -0.3 is 14.8 Å². The van der Waals surface area contributed by atoms with Crippen LogP contribution in [-0.4, -0.2) is 57.9 Å². The fourth-order valence-corrected chi connectivity index (χ4v) is 2.52. The van der Waals surface area contributed by atoms with Gasteiger partial charge in [-0.25, -0.2) is 4.79 Å². The maximum absolute atomic E-state index is 12.2. The van der Waals surface area contributed by atoms with Crippen molar-refractivity contribution in [1.82, 2.24) is 19.7 Å². The SMILES string of the molecule is Cn1cccc(C(=O)N2CC(N3C(=O)CNC3=O)C2)c1=O. The lowest BCUT2D eigenvalue weighted by Gasteiger charge is -2.42. The Morgan fingerprint density at radius 1 is 1.29 bits per heavy atom. The molecule has 8 nitrogen and oxygen atoms in total. The van der Waals surface area contributed by atoms with Gasteiger partial charge in [-0.05, 0) is 12.1 Å². The van der Waals surface area contributed by atoms with Gasteiger partial charge >= 0.3 is 6.03 Å². The number of hydrogen-bond acceptors (Lipinski definition) is 4. The smallest absolute Gasteiger partial charge is 0.324 e. The third-order valence-electron chi connectivity index (χ3n) is 3.75. The first kappa shape index (κ1) is 13.3. The predicted octanol–water partition coefficient (Wildman–Crippen LogP) is -1.24. The summed E-state index contributed by atoms with van der Waals surface area (Å²) < 4.78 is 1.34. The van der Waals surface area contributed by atoms with Crippen molar-refractivity contribution in [3.63, 3.8) is 0 Å². The van der Waals surface area contributed by atoms with Crippen molar-refractivity contribution in [2.45, 2.75) is 6.04 Å². The second-order valence-electron chi connectivity index (χ2n) is 5.12. The number of imide groups is 1. The molecule has 3 heterocycles. The number of rotatable bonds is 2. The first-order valence-corrected chi connectivity index (χ1v) is 6.54. The number of pyridine rings is 1. The van der Waals surface area contributed by atoms with Gasteiger partial charge in [-0.1, -0.05) is 0 Å². The van der Waals surface area contributed by atoms with Crippen LogP contribution in [0.25, 0.3) is 0 Å². The molecule has 0 saturated carbocycles. The third-order valence-corrected chi connectivity index (χ3v) is 3.75. The van der Waals surface area contributed by atoms with Gasteiger partial charge in [0, 0.05) is 26.3 Å². The summed E-state index contributed by atoms with van der Waals surface area (Å²) in [6, 6.07) is 2.37. The minimum Gasteiger partial charge on any atom is -0.334 e. The molecule has 110 valence electrons. The second kappa shape index (κ2) is 4.72. The zero-order valence-electron chi connectivity index (χ0n) is 11.4. The fraction of sp³-hybridized carbons (Fsp3) is 0.385. The number of hydrogen-bond donors (Lipinski definition) is 1. The number of nitrogens with zero attached hydrogens (tertiary/aromatic N) is 3. The van der Waals surface area contributed by atoms with Crippen molar-refractivity contribution in [2.24, 2.45) is 7.05 Å². The van der Waals surface area contributed by atoms with E-state index in [1.807, 2.05) is 0 Å². The van der Waals surface area contributed by atoms with Gasteiger partial charge in [-0.15, -0.1) is 0 Å². The summed E-state index contributed by atoms with van der Waals surface area (Å²) in [5, 5.41) is 2.44. The zero-order chi connectivity index (χ0) is 15.1. The van der Waals surface area contributed by atoms with E-state index < -0.39 is 6.03 Å². The summed E-state index contributed by atoms with van der Waals surface area (Å²) in [5.41, 5.74) is -0.267. The van der Waals surface area contributed by atoms with E-state index in [4.69, 9.17) is 0 Å². The van der Waals surface area contributed by atoms with Crippen LogP contribution in [0, 0.1) is 0 Å². The number of aryl methyl sites for hydroxylation is 1. The minimum atomic E-state index is -0.423. The summed E-state index contributed by atoms with van der Waals surface area (Å²) >= 11 is 0. The van der Waals surface area contributed by atoms with E-state index in [1.165, 1.54) is 15.5 Å². The molecule has 2 fully saturated rings. The highest BCUT2D eigenvalue weighted by molar-refractivity contribution is 6.03. The molecule has 1 aromatic heterocycles. The molecule has 0 unspecified atom stereocenters. The number of nitrogens with one attached hydrogen (secondary N) is 1. The van der Waals surface area contributed by atoms with E-state index in [-0.39, 0.29) is 48.6 Å². The predicted molar refractivity (Wildman–Crippen MR) is 71.6 cm³/mol. The summed E-state index contributed by atoms with van der Waals surface area (Å²) in [4.78, 5) is 49.8. The molecule has 1 aromatic rings. The molecule has 0 radical (unpaired) electrons. The van der Waals surface area contributed by atoms with Crippen LogP contribution in [0.3, 0.4) is 0 Å². The summed E-state index contributed by atoms with van der Waals surface area (Å²) in [6.07, 6.45) is 1.57. The molecule has 0 bridgehead atoms. The van der Waals surface area contributed by atoms with E-state index >= 15 is 0 Å². The topological polar surface area (TPSA) is 91.7 Å². The summed E-state index contributed by atoms with van der Waals surface area (Å²) in [6.45, 7) is 0.522. The molecule has 0 atom stereocenters. The van der Waals surface area contributed by atoms with Crippen LogP contribution in [0.1, 0.15) is 10.4 Å². The highest BCUT2D eigenvalue weighted by Crippen LogP contribution is 2.19. The van der Waals surface area contributed by atoms with Crippen LogP contribution in [0.5, 0.6) is 0 Å². The van der Waals surface area contributed by atoms with Crippen LogP contribution in [-0.2, 0) is 11.8 Å². The van der Waals surface area contributed by atoms with Gasteiger partial charge in [0.05, 0.1) is 12.6 Å². The molecule has 3 rings (SSSR count). The summed E-state index contributed by atoms with van der Waals surface area (Å²) in [5.74, 6) is -0.660. The Balaban J connectivity index is 1.70. The number of amides is 4. The van der Waals surface area contributed by atoms with Crippen LogP contribution >= 0.6 is 0 Å². The van der Waals surface area contributed by atoms with Gasteiger partial charge in [0.2, 0.25) is 5.91 Å². The molecular formula is C13H14N4O4.